The molecular weight excluding hydrogens is 432 g/mol. The van der Waals surface area contributed by atoms with Gasteiger partial charge in [-0.25, -0.2) is 18.6 Å². The van der Waals surface area contributed by atoms with Gasteiger partial charge in [0.2, 0.25) is 0 Å². The molecular formula is C20H14BrF2N3O2. The van der Waals surface area contributed by atoms with Crippen molar-refractivity contribution in [2.24, 2.45) is 0 Å². The Morgan fingerprint density at radius 1 is 1.25 bits per heavy atom. The Morgan fingerprint density at radius 2 is 2.04 bits per heavy atom. The van der Waals surface area contributed by atoms with E-state index in [4.69, 9.17) is 4.74 Å². The molecule has 0 aliphatic carbocycles. The molecule has 0 saturated heterocycles. The number of carbonyl (C=O) groups is 1. The van der Waals surface area contributed by atoms with Crippen molar-refractivity contribution in [3.05, 3.63) is 64.0 Å². The normalized spacial score (nSPS) is 11.3. The minimum absolute atomic E-state index is 0.170. The van der Waals surface area contributed by atoms with E-state index < -0.39 is 17.6 Å². The topological polar surface area (TPSA) is 57.0 Å². The van der Waals surface area contributed by atoms with Gasteiger partial charge in [-0.1, -0.05) is 15.9 Å². The fourth-order valence-corrected chi connectivity index (χ4v) is 3.75. The molecule has 0 atom stereocenters. The van der Waals surface area contributed by atoms with E-state index in [2.05, 4.69) is 25.9 Å². The molecule has 0 saturated carbocycles. The summed E-state index contributed by atoms with van der Waals surface area (Å²) in [5, 5.41) is 0.170. The van der Waals surface area contributed by atoms with Gasteiger partial charge in [0.15, 0.2) is 0 Å². The fourth-order valence-electron chi connectivity index (χ4n) is 3.30. The lowest BCUT2D eigenvalue weighted by molar-refractivity contribution is 0.0528. The smallest absolute Gasteiger partial charge is 0.340 e. The molecule has 2 aromatic heterocycles. The second kappa shape index (κ2) is 6.94. The third-order valence-corrected chi connectivity index (χ3v) is 4.82. The first-order chi connectivity index (χ1) is 13.4. The first kappa shape index (κ1) is 18.5. The van der Waals surface area contributed by atoms with E-state index in [1.165, 1.54) is 12.3 Å². The number of esters is 1. The lowest BCUT2D eigenvalue weighted by Gasteiger charge is -2.12. The number of aryl methyl sites for hydroxylation is 1. The van der Waals surface area contributed by atoms with Crippen molar-refractivity contribution < 1.29 is 18.3 Å². The molecule has 0 N–H and O–H groups in total. The van der Waals surface area contributed by atoms with Gasteiger partial charge in [0.05, 0.1) is 34.3 Å². The zero-order valence-corrected chi connectivity index (χ0v) is 16.5. The molecule has 4 rings (SSSR count). The second-order valence-corrected chi connectivity index (χ2v) is 7.06. The Morgan fingerprint density at radius 3 is 2.79 bits per heavy atom. The number of pyridine rings is 1. The average molecular weight is 446 g/mol. The van der Waals surface area contributed by atoms with Crippen LogP contribution in [-0.4, -0.2) is 27.1 Å². The van der Waals surface area contributed by atoms with Gasteiger partial charge in [-0.3, -0.25) is 9.55 Å². The summed E-state index contributed by atoms with van der Waals surface area (Å²) in [5.41, 5.74) is 1.98. The largest absolute Gasteiger partial charge is 0.462 e. The highest BCUT2D eigenvalue weighted by molar-refractivity contribution is 9.10. The molecule has 0 unspecified atom stereocenters. The summed E-state index contributed by atoms with van der Waals surface area (Å²) in [6.07, 6.45) is 1.48. The average Bonchev–Trinajstić information content (AvgIpc) is 2.95. The van der Waals surface area contributed by atoms with E-state index >= 15 is 0 Å². The molecule has 0 radical (unpaired) electrons. The standard InChI is InChI=1S/C20H14BrF2N3O2/c1-3-28-20(27)13-6-11(21)7-17-19(13)25-10(2)26(17)16-4-5-24-15-9-12(22)8-14(23)18(15)16/h4-9H,3H2,1-2H3. The number of rotatable bonds is 3. The molecule has 0 aliphatic rings. The molecule has 2 heterocycles. The van der Waals surface area contributed by atoms with Crippen LogP contribution in [0.4, 0.5) is 8.78 Å². The third kappa shape index (κ3) is 2.93. The zero-order chi connectivity index (χ0) is 20.0. The summed E-state index contributed by atoms with van der Waals surface area (Å²) in [5.74, 6) is -1.38. The lowest BCUT2D eigenvalue weighted by Crippen LogP contribution is -2.06. The van der Waals surface area contributed by atoms with E-state index in [1.807, 2.05) is 0 Å². The van der Waals surface area contributed by atoms with Crippen molar-refractivity contribution in [2.75, 3.05) is 6.61 Å². The molecule has 0 aliphatic heterocycles. The summed E-state index contributed by atoms with van der Waals surface area (Å²) >= 11 is 3.41. The van der Waals surface area contributed by atoms with Crippen molar-refractivity contribution in [3.63, 3.8) is 0 Å². The van der Waals surface area contributed by atoms with Crippen LogP contribution in [0.3, 0.4) is 0 Å². The summed E-state index contributed by atoms with van der Waals surface area (Å²) in [7, 11) is 0. The predicted octanol–water partition coefficient (Wildman–Crippen LogP) is 5.10. The van der Waals surface area contributed by atoms with Gasteiger partial charge < -0.3 is 4.74 Å². The van der Waals surface area contributed by atoms with E-state index in [1.54, 1.807) is 36.6 Å². The van der Waals surface area contributed by atoms with Crippen LogP contribution in [0.5, 0.6) is 0 Å². The van der Waals surface area contributed by atoms with Crippen molar-refractivity contribution in [3.8, 4) is 5.69 Å². The molecule has 142 valence electrons. The molecule has 4 aromatic rings. The van der Waals surface area contributed by atoms with Gasteiger partial charge in [0.1, 0.15) is 23.0 Å². The van der Waals surface area contributed by atoms with Crippen LogP contribution in [0.2, 0.25) is 0 Å². The first-order valence-corrected chi connectivity index (χ1v) is 9.30. The monoisotopic (exact) mass is 445 g/mol. The Bertz CT molecular complexity index is 1250. The van der Waals surface area contributed by atoms with Crippen LogP contribution in [0.1, 0.15) is 23.1 Å². The van der Waals surface area contributed by atoms with E-state index in [0.29, 0.717) is 32.6 Å². The van der Waals surface area contributed by atoms with Crippen molar-refractivity contribution in [1.29, 1.82) is 0 Å². The number of ether oxygens (including phenoxy) is 1. The van der Waals surface area contributed by atoms with Crippen LogP contribution >= 0.6 is 15.9 Å². The highest BCUT2D eigenvalue weighted by Crippen LogP contribution is 2.32. The van der Waals surface area contributed by atoms with Gasteiger partial charge in [-0.15, -0.1) is 0 Å². The highest BCUT2D eigenvalue weighted by Gasteiger charge is 2.21. The van der Waals surface area contributed by atoms with Gasteiger partial charge >= 0.3 is 5.97 Å². The number of imidazole rings is 1. The summed E-state index contributed by atoms with van der Waals surface area (Å²) in [6, 6.07) is 7.05. The number of benzene rings is 2. The fraction of sp³-hybridized carbons (Fsp3) is 0.150. The van der Waals surface area contributed by atoms with Crippen molar-refractivity contribution >= 4 is 43.8 Å². The van der Waals surface area contributed by atoms with Crippen LogP contribution in [0.25, 0.3) is 27.6 Å². The van der Waals surface area contributed by atoms with E-state index in [-0.39, 0.29) is 17.5 Å². The Balaban J connectivity index is 2.08. The van der Waals surface area contributed by atoms with Crippen LogP contribution in [0, 0.1) is 18.6 Å². The van der Waals surface area contributed by atoms with Crippen molar-refractivity contribution in [2.45, 2.75) is 13.8 Å². The van der Waals surface area contributed by atoms with Gasteiger partial charge in [-0.05, 0) is 32.0 Å². The SMILES string of the molecule is CCOC(=O)c1cc(Br)cc2c1nc(C)n2-c1ccnc2cc(F)cc(F)c12. The Hall–Kier alpha value is -2.87. The number of carbonyl (C=O) groups excluding carboxylic acids is 1. The number of fused-ring (bicyclic) bond motifs is 2. The number of nitrogens with zero attached hydrogens (tertiary/aromatic N) is 3. The molecule has 0 fully saturated rings. The van der Waals surface area contributed by atoms with Gasteiger partial charge in [-0.2, -0.15) is 0 Å². The molecule has 28 heavy (non-hydrogen) atoms. The number of halogens is 3. The minimum Gasteiger partial charge on any atom is -0.462 e. The molecule has 5 nitrogen and oxygen atoms in total. The third-order valence-electron chi connectivity index (χ3n) is 4.37. The van der Waals surface area contributed by atoms with Gasteiger partial charge in [0.25, 0.3) is 0 Å². The Labute approximate surface area is 167 Å². The quantitative estimate of drug-likeness (QED) is 0.411. The van der Waals surface area contributed by atoms with E-state index in [0.717, 1.165) is 6.07 Å². The second-order valence-electron chi connectivity index (χ2n) is 6.15. The maximum absolute atomic E-state index is 14.6. The molecule has 0 spiro atoms. The minimum atomic E-state index is -0.722. The summed E-state index contributed by atoms with van der Waals surface area (Å²) < 4.78 is 35.7. The molecule has 8 heteroatoms. The number of aromatic nitrogens is 3. The Kier molecular flexibility index (Phi) is 4.58. The van der Waals surface area contributed by atoms with Crippen LogP contribution in [-0.2, 0) is 4.74 Å². The van der Waals surface area contributed by atoms with Crippen molar-refractivity contribution in [1.82, 2.24) is 14.5 Å². The number of hydrogen-bond acceptors (Lipinski definition) is 4. The molecule has 2 aromatic carbocycles. The molecule has 0 amide bonds. The maximum atomic E-state index is 14.6. The summed E-state index contributed by atoms with van der Waals surface area (Å²) in [4.78, 5) is 21.0. The lowest BCUT2D eigenvalue weighted by atomic mass is 10.1. The zero-order valence-electron chi connectivity index (χ0n) is 15.0. The number of hydrogen-bond donors (Lipinski definition) is 0. The maximum Gasteiger partial charge on any atom is 0.340 e. The first-order valence-electron chi connectivity index (χ1n) is 8.50. The van der Waals surface area contributed by atoms with E-state index in [9.17, 15) is 13.6 Å². The summed E-state index contributed by atoms with van der Waals surface area (Å²) in [6.45, 7) is 3.71. The van der Waals surface area contributed by atoms with Crippen LogP contribution in [0.15, 0.2) is 41.0 Å². The molecule has 0 bridgehead atoms. The van der Waals surface area contributed by atoms with Crippen LogP contribution < -0.4 is 0 Å². The van der Waals surface area contributed by atoms with Gasteiger partial charge in [0, 0.05) is 22.8 Å². The predicted molar refractivity (Wildman–Crippen MR) is 105 cm³/mol. The highest BCUT2D eigenvalue weighted by atomic mass is 79.9.